The topological polar surface area (TPSA) is 76.7 Å². The highest BCUT2D eigenvalue weighted by molar-refractivity contribution is 5.96. The van der Waals surface area contributed by atoms with Crippen LogP contribution >= 0.6 is 0 Å². The maximum atomic E-state index is 12.5. The Morgan fingerprint density at radius 2 is 1.39 bits per heavy atom. The first kappa shape index (κ1) is 19.2. The van der Waals surface area contributed by atoms with Gasteiger partial charge in [-0.1, -0.05) is 24.3 Å². The van der Waals surface area contributed by atoms with Crippen LogP contribution in [0.3, 0.4) is 0 Å². The summed E-state index contributed by atoms with van der Waals surface area (Å²) in [5.41, 5.74) is 6.21. The van der Waals surface area contributed by atoms with Crippen LogP contribution in [-0.4, -0.2) is 26.0 Å². The van der Waals surface area contributed by atoms with Crippen molar-refractivity contribution in [2.45, 2.75) is 12.8 Å². The number of amides is 2. The van der Waals surface area contributed by atoms with E-state index in [-0.39, 0.29) is 5.91 Å². The summed E-state index contributed by atoms with van der Waals surface area (Å²) >= 11 is 0. The SMILES string of the molecule is COc1ccc(C(=O)NNC(=O)[C@@H](C)c2ccc3cc(OC)ccc3c2)cc1. The van der Waals surface area contributed by atoms with Gasteiger partial charge in [-0.25, -0.2) is 0 Å². The van der Waals surface area contributed by atoms with Crippen molar-refractivity contribution in [1.82, 2.24) is 10.9 Å². The second kappa shape index (κ2) is 8.43. The maximum absolute atomic E-state index is 12.5. The minimum atomic E-state index is -0.428. The zero-order valence-electron chi connectivity index (χ0n) is 16.0. The molecule has 144 valence electrons. The second-order valence-corrected chi connectivity index (χ2v) is 6.37. The number of ether oxygens (including phenoxy) is 2. The van der Waals surface area contributed by atoms with E-state index in [1.807, 2.05) is 36.4 Å². The van der Waals surface area contributed by atoms with Crippen molar-refractivity contribution in [3.05, 3.63) is 71.8 Å². The number of methoxy groups -OCH3 is 2. The number of fused-ring (bicyclic) bond motifs is 1. The molecule has 2 amide bonds. The van der Waals surface area contributed by atoms with Gasteiger partial charge in [0.2, 0.25) is 5.91 Å². The summed E-state index contributed by atoms with van der Waals surface area (Å²) in [4.78, 5) is 24.6. The summed E-state index contributed by atoms with van der Waals surface area (Å²) in [5, 5.41) is 2.05. The number of benzene rings is 3. The molecule has 0 saturated heterocycles. The molecule has 0 fully saturated rings. The highest BCUT2D eigenvalue weighted by Gasteiger charge is 2.17. The van der Waals surface area contributed by atoms with Crippen LogP contribution in [0.15, 0.2) is 60.7 Å². The lowest BCUT2D eigenvalue weighted by atomic mass is 9.97. The molecule has 0 spiro atoms. The van der Waals surface area contributed by atoms with Crippen LogP contribution in [0.2, 0.25) is 0 Å². The second-order valence-electron chi connectivity index (χ2n) is 6.37. The molecule has 0 heterocycles. The number of carbonyl (C=O) groups excluding carboxylic acids is 2. The summed E-state index contributed by atoms with van der Waals surface area (Å²) in [6.45, 7) is 1.79. The Hall–Kier alpha value is -3.54. The maximum Gasteiger partial charge on any atom is 0.269 e. The number of hydrogen-bond donors (Lipinski definition) is 2. The van der Waals surface area contributed by atoms with E-state index in [1.165, 1.54) is 0 Å². The van der Waals surface area contributed by atoms with Crippen LogP contribution in [-0.2, 0) is 4.79 Å². The number of hydrazine groups is 1. The van der Waals surface area contributed by atoms with Gasteiger partial charge in [0.05, 0.1) is 20.1 Å². The predicted octanol–water partition coefficient (Wildman–Crippen LogP) is 3.42. The molecule has 1 atom stereocenters. The van der Waals surface area contributed by atoms with Crippen molar-refractivity contribution in [1.29, 1.82) is 0 Å². The third kappa shape index (κ3) is 4.23. The van der Waals surface area contributed by atoms with Crippen molar-refractivity contribution >= 4 is 22.6 Å². The van der Waals surface area contributed by atoms with Gasteiger partial charge in [-0.2, -0.15) is 0 Å². The van der Waals surface area contributed by atoms with Crippen molar-refractivity contribution in [3.63, 3.8) is 0 Å². The fourth-order valence-electron chi connectivity index (χ4n) is 2.83. The van der Waals surface area contributed by atoms with Crippen LogP contribution in [0, 0.1) is 0 Å². The van der Waals surface area contributed by atoms with Crippen LogP contribution < -0.4 is 20.3 Å². The van der Waals surface area contributed by atoms with E-state index in [0.717, 1.165) is 22.1 Å². The van der Waals surface area contributed by atoms with Crippen molar-refractivity contribution in [2.75, 3.05) is 14.2 Å². The molecule has 0 aliphatic heterocycles. The predicted molar refractivity (Wildman–Crippen MR) is 108 cm³/mol. The van der Waals surface area contributed by atoms with E-state index in [0.29, 0.717) is 11.3 Å². The molecule has 0 unspecified atom stereocenters. The van der Waals surface area contributed by atoms with E-state index in [4.69, 9.17) is 9.47 Å². The Bertz CT molecular complexity index is 999. The van der Waals surface area contributed by atoms with Crippen molar-refractivity contribution in [3.8, 4) is 11.5 Å². The molecule has 6 nitrogen and oxygen atoms in total. The number of rotatable bonds is 5. The summed E-state index contributed by atoms with van der Waals surface area (Å²) < 4.78 is 10.3. The van der Waals surface area contributed by atoms with Crippen molar-refractivity contribution < 1.29 is 19.1 Å². The van der Waals surface area contributed by atoms with Crippen LogP contribution in [0.5, 0.6) is 11.5 Å². The lowest BCUT2D eigenvalue weighted by Crippen LogP contribution is -2.43. The van der Waals surface area contributed by atoms with E-state index in [1.54, 1.807) is 45.4 Å². The fraction of sp³-hybridized carbons (Fsp3) is 0.182. The molecular weight excluding hydrogens is 356 g/mol. The van der Waals surface area contributed by atoms with Gasteiger partial charge in [0.25, 0.3) is 5.91 Å². The Morgan fingerprint density at radius 3 is 2.07 bits per heavy atom. The van der Waals surface area contributed by atoms with E-state index in [9.17, 15) is 9.59 Å². The van der Waals surface area contributed by atoms with E-state index >= 15 is 0 Å². The van der Waals surface area contributed by atoms with Crippen LogP contribution in [0.4, 0.5) is 0 Å². The molecule has 3 aromatic carbocycles. The molecule has 0 aromatic heterocycles. The zero-order chi connectivity index (χ0) is 20.1. The number of carbonyl (C=O) groups is 2. The first-order chi connectivity index (χ1) is 13.5. The fourth-order valence-corrected chi connectivity index (χ4v) is 2.83. The summed E-state index contributed by atoms with van der Waals surface area (Å²) in [5.74, 6) is 0.321. The smallest absolute Gasteiger partial charge is 0.269 e. The average molecular weight is 378 g/mol. The molecule has 0 radical (unpaired) electrons. The molecule has 0 aliphatic rings. The van der Waals surface area contributed by atoms with Gasteiger partial charge in [0, 0.05) is 5.56 Å². The molecule has 28 heavy (non-hydrogen) atoms. The molecule has 0 bridgehead atoms. The van der Waals surface area contributed by atoms with Crippen molar-refractivity contribution in [2.24, 2.45) is 0 Å². The van der Waals surface area contributed by atoms with Gasteiger partial charge in [-0.15, -0.1) is 0 Å². The lowest BCUT2D eigenvalue weighted by molar-refractivity contribution is -0.123. The largest absolute Gasteiger partial charge is 0.497 e. The molecule has 3 rings (SSSR count). The first-order valence-corrected chi connectivity index (χ1v) is 8.84. The minimum Gasteiger partial charge on any atom is -0.497 e. The third-order valence-electron chi connectivity index (χ3n) is 4.62. The molecule has 2 N–H and O–H groups in total. The minimum absolute atomic E-state index is 0.297. The first-order valence-electron chi connectivity index (χ1n) is 8.84. The van der Waals surface area contributed by atoms with E-state index < -0.39 is 11.8 Å². The molecule has 3 aromatic rings. The zero-order valence-corrected chi connectivity index (χ0v) is 16.0. The third-order valence-corrected chi connectivity index (χ3v) is 4.62. The lowest BCUT2D eigenvalue weighted by Gasteiger charge is -2.14. The summed E-state index contributed by atoms with van der Waals surface area (Å²) in [6.07, 6.45) is 0. The van der Waals surface area contributed by atoms with Crippen LogP contribution in [0.1, 0.15) is 28.8 Å². The van der Waals surface area contributed by atoms with E-state index in [2.05, 4.69) is 10.9 Å². The highest BCUT2D eigenvalue weighted by Crippen LogP contribution is 2.25. The number of nitrogens with one attached hydrogen (secondary N) is 2. The Balaban J connectivity index is 1.64. The standard InChI is InChI=1S/C22H22N2O4/c1-14(16-4-5-18-13-20(28-3)11-8-17(18)12-16)21(25)23-24-22(26)15-6-9-19(27-2)10-7-15/h4-14H,1-3H3,(H,23,25)(H,24,26)/t14-/m0/s1. The van der Waals surface area contributed by atoms with Gasteiger partial charge < -0.3 is 9.47 Å². The van der Waals surface area contributed by atoms with Gasteiger partial charge in [-0.05, 0) is 59.7 Å². The molecular formula is C22H22N2O4. The van der Waals surface area contributed by atoms with Gasteiger partial charge in [0.1, 0.15) is 11.5 Å². The summed E-state index contributed by atoms with van der Waals surface area (Å²) in [6, 6.07) is 18.2. The normalized spacial score (nSPS) is 11.5. The molecule has 0 saturated carbocycles. The molecule has 6 heteroatoms. The monoisotopic (exact) mass is 378 g/mol. The van der Waals surface area contributed by atoms with Crippen LogP contribution in [0.25, 0.3) is 10.8 Å². The van der Waals surface area contributed by atoms with Gasteiger partial charge in [-0.3, -0.25) is 20.4 Å². The summed E-state index contributed by atoms with van der Waals surface area (Å²) in [7, 11) is 3.18. The molecule has 0 aliphatic carbocycles. The highest BCUT2D eigenvalue weighted by atomic mass is 16.5. The Kier molecular flexibility index (Phi) is 5.79. The van der Waals surface area contributed by atoms with Gasteiger partial charge >= 0.3 is 0 Å². The quantitative estimate of drug-likeness (QED) is 0.667. The average Bonchev–Trinajstić information content (AvgIpc) is 2.75. The van der Waals surface area contributed by atoms with Gasteiger partial charge in [0.15, 0.2) is 0 Å². The Morgan fingerprint density at radius 1 is 0.786 bits per heavy atom. The Labute approximate surface area is 163 Å². The number of hydrogen-bond acceptors (Lipinski definition) is 4.